The van der Waals surface area contributed by atoms with Crippen molar-refractivity contribution in [3.05, 3.63) is 58.1 Å². The summed E-state index contributed by atoms with van der Waals surface area (Å²) in [5.41, 5.74) is 3.12. The number of carbonyl (C=O) groups is 1. The quantitative estimate of drug-likeness (QED) is 0.317. The Hall–Kier alpha value is -3.74. The molecule has 3 atom stereocenters. The summed E-state index contributed by atoms with van der Waals surface area (Å²) in [6.07, 6.45) is 4.59. The van der Waals surface area contributed by atoms with Crippen molar-refractivity contribution in [3.8, 4) is 11.9 Å². The molecule has 3 aromatic rings. The lowest BCUT2D eigenvalue weighted by Crippen LogP contribution is -2.57. The van der Waals surface area contributed by atoms with Gasteiger partial charge in [-0.3, -0.25) is 4.90 Å². The fraction of sp³-hybridized carbons (Fsp3) is 0.528. The molecule has 0 saturated carbocycles. The summed E-state index contributed by atoms with van der Waals surface area (Å²) in [4.78, 5) is 27.3. The summed E-state index contributed by atoms with van der Waals surface area (Å²) in [5.74, 6) is 1.30. The third-order valence-electron chi connectivity index (χ3n) is 10.1. The standard InChI is InChI=1S/C36H43ClN6O3/c1-36(2,3)46-35(44)43-24-13-14-25(43)20-42(19-24)33-27-15-17-41(31-12-6-9-23-8-5-11-30(37)32(23)31)21-29(27)28(18-38)34(39-33)45-22-26-10-7-16-40(26)4/h5-6,8-9,11-12,24-26H,7,10,13-17,19-22H2,1-4H3/t24-,25+,26-/m0/s1. The van der Waals surface area contributed by atoms with Crippen molar-refractivity contribution in [2.75, 3.05) is 49.6 Å². The monoisotopic (exact) mass is 642 g/mol. The molecule has 4 aliphatic heterocycles. The zero-order valence-electron chi connectivity index (χ0n) is 27.3. The molecule has 9 nitrogen and oxygen atoms in total. The fourth-order valence-corrected chi connectivity index (χ4v) is 8.15. The molecule has 10 heteroatoms. The molecule has 0 aliphatic carbocycles. The molecule has 242 valence electrons. The Morgan fingerprint density at radius 2 is 1.78 bits per heavy atom. The molecule has 1 aromatic heterocycles. The minimum Gasteiger partial charge on any atom is -0.475 e. The maximum Gasteiger partial charge on any atom is 0.410 e. The summed E-state index contributed by atoms with van der Waals surface area (Å²) < 4.78 is 12.3. The van der Waals surface area contributed by atoms with Crippen molar-refractivity contribution in [1.82, 2.24) is 14.8 Å². The van der Waals surface area contributed by atoms with Gasteiger partial charge in [-0.25, -0.2) is 4.79 Å². The van der Waals surface area contributed by atoms with Gasteiger partial charge in [0, 0.05) is 54.4 Å². The number of hydrogen-bond donors (Lipinski definition) is 0. The number of piperazine rings is 1. The molecule has 2 aromatic carbocycles. The summed E-state index contributed by atoms with van der Waals surface area (Å²) in [5, 5.41) is 13.4. The van der Waals surface area contributed by atoms with Crippen LogP contribution < -0.4 is 14.5 Å². The SMILES string of the molecule is CN1CCC[C@H]1COc1nc(N2C[C@H]3CC[C@@H](C2)N3C(=O)OC(C)(C)C)c2c(c1C#N)CN(c1cccc3cccc(Cl)c13)CC2. The van der Waals surface area contributed by atoms with E-state index in [1.165, 1.54) is 0 Å². The van der Waals surface area contributed by atoms with Crippen LogP contribution in [0.5, 0.6) is 5.88 Å². The van der Waals surface area contributed by atoms with E-state index in [2.05, 4.69) is 52.1 Å². The predicted octanol–water partition coefficient (Wildman–Crippen LogP) is 6.38. The van der Waals surface area contributed by atoms with Crippen LogP contribution in [0.15, 0.2) is 36.4 Å². The normalized spacial score (nSPS) is 23.0. The number of aromatic nitrogens is 1. The third-order valence-corrected chi connectivity index (χ3v) is 10.4. The number of nitriles is 1. The number of nitrogens with zero attached hydrogens (tertiary/aromatic N) is 6. The van der Waals surface area contributed by atoms with Gasteiger partial charge in [-0.05, 0) is 84.0 Å². The van der Waals surface area contributed by atoms with Crippen LogP contribution in [0.4, 0.5) is 16.3 Å². The second kappa shape index (κ2) is 12.1. The zero-order chi connectivity index (χ0) is 32.2. The fourth-order valence-electron chi connectivity index (χ4n) is 7.87. The predicted molar refractivity (Wildman–Crippen MR) is 181 cm³/mol. The van der Waals surface area contributed by atoms with Gasteiger partial charge in [-0.1, -0.05) is 35.9 Å². The van der Waals surface area contributed by atoms with Crippen molar-refractivity contribution in [2.45, 2.75) is 83.1 Å². The highest BCUT2D eigenvalue weighted by molar-refractivity contribution is 6.36. The minimum absolute atomic E-state index is 0.0520. The van der Waals surface area contributed by atoms with Crippen molar-refractivity contribution >= 4 is 40.0 Å². The second-order valence-corrected chi connectivity index (χ2v) is 14.6. The molecule has 46 heavy (non-hydrogen) atoms. The number of halogens is 1. The molecule has 3 fully saturated rings. The van der Waals surface area contributed by atoms with Gasteiger partial charge in [-0.15, -0.1) is 0 Å². The van der Waals surface area contributed by atoms with Crippen LogP contribution in [0.1, 0.15) is 63.1 Å². The summed E-state index contributed by atoms with van der Waals surface area (Å²) in [6.45, 7) is 9.97. The van der Waals surface area contributed by atoms with Crippen LogP contribution in [0.25, 0.3) is 10.8 Å². The third kappa shape index (κ3) is 5.71. The first-order valence-corrected chi connectivity index (χ1v) is 17.0. The minimum atomic E-state index is -0.540. The van der Waals surface area contributed by atoms with Gasteiger partial charge in [0.15, 0.2) is 0 Å². The molecule has 4 aliphatic rings. The van der Waals surface area contributed by atoms with Gasteiger partial charge in [-0.2, -0.15) is 10.2 Å². The topological polar surface area (TPSA) is 85.2 Å². The van der Waals surface area contributed by atoms with Crippen LogP contribution in [0.3, 0.4) is 0 Å². The molecule has 7 rings (SSSR count). The van der Waals surface area contributed by atoms with E-state index in [1.807, 2.05) is 37.8 Å². The van der Waals surface area contributed by atoms with Crippen molar-refractivity contribution in [3.63, 3.8) is 0 Å². The van der Waals surface area contributed by atoms with Crippen LogP contribution in [-0.4, -0.2) is 84.4 Å². The van der Waals surface area contributed by atoms with Crippen LogP contribution in [0.2, 0.25) is 5.02 Å². The Kier molecular flexibility index (Phi) is 8.14. The van der Waals surface area contributed by atoms with Crippen LogP contribution >= 0.6 is 11.6 Å². The molecule has 2 bridgehead atoms. The Morgan fingerprint density at radius 1 is 1.04 bits per heavy atom. The molecule has 0 unspecified atom stereocenters. The zero-order valence-corrected chi connectivity index (χ0v) is 28.0. The maximum absolute atomic E-state index is 13.2. The van der Waals surface area contributed by atoms with E-state index < -0.39 is 5.60 Å². The average molecular weight is 643 g/mol. The number of anilines is 2. The number of benzene rings is 2. The lowest BCUT2D eigenvalue weighted by atomic mass is 9.94. The van der Waals surface area contributed by atoms with E-state index in [9.17, 15) is 10.1 Å². The van der Waals surface area contributed by atoms with E-state index in [1.54, 1.807) is 0 Å². The summed E-state index contributed by atoms with van der Waals surface area (Å²) in [7, 11) is 2.13. The average Bonchev–Trinajstić information content (AvgIpc) is 3.56. The highest BCUT2D eigenvalue weighted by atomic mass is 35.5. The first-order chi connectivity index (χ1) is 22.1. The lowest BCUT2D eigenvalue weighted by Gasteiger charge is -2.43. The summed E-state index contributed by atoms with van der Waals surface area (Å²) in [6, 6.07) is 15.2. The molecule has 0 N–H and O–H groups in total. The van der Waals surface area contributed by atoms with E-state index in [0.717, 1.165) is 83.6 Å². The summed E-state index contributed by atoms with van der Waals surface area (Å²) >= 11 is 6.75. The van der Waals surface area contributed by atoms with Crippen molar-refractivity contribution in [2.24, 2.45) is 0 Å². The van der Waals surface area contributed by atoms with Crippen molar-refractivity contribution in [1.29, 1.82) is 5.26 Å². The molecule has 0 radical (unpaired) electrons. The number of amides is 1. The Balaban J connectivity index is 1.25. The molecule has 5 heterocycles. The molecule has 3 saturated heterocycles. The second-order valence-electron chi connectivity index (χ2n) is 14.2. The Bertz CT molecular complexity index is 1680. The van der Waals surface area contributed by atoms with Crippen molar-refractivity contribution < 1.29 is 14.3 Å². The van der Waals surface area contributed by atoms with Crippen LogP contribution in [-0.2, 0) is 17.7 Å². The first kappa shape index (κ1) is 30.9. The van der Waals surface area contributed by atoms with Crippen LogP contribution in [0, 0.1) is 11.3 Å². The molecule has 1 amide bonds. The van der Waals surface area contributed by atoms with E-state index in [0.29, 0.717) is 43.7 Å². The highest BCUT2D eigenvalue weighted by Crippen LogP contribution is 2.42. The van der Waals surface area contributed by atoms with Gasteiger partial charge < -0.3 is 24.2 Å². The van der Waals surface area contributed by atoms with E-state index in [4.69, 9.17) is 26.1 Å². The number of carbonyl (C=O) groups excluding carboxylic acids is 1. The largest absolute Gasteiger partial charge is 0.475 e. The number of ether oxygens (including phenoxy) is 2. The van der Waals surface area contributed by atoms with E-state index in [-0.39, 0.29) is 18.2 Å². The van der Waals surface area contributed by atoms with E-state index >= 15 is 0 Å². The van der Waals surface area contributed by atoms with Gasteiger partial charge in [0.05, 0.1) is 17.1 Å². The van der Waals surface area contributed by atoms with Gasteiger partial charge in [0.2, 0.25) is 5.88 Å². The smallest absolute Gasteiger partial charge is 0.410 e. The number of pyridine rings is 1. The number of hydrogen-bond acceptors (Lipinski definition) is 8. The lowest BCUT2D eigenvalue weighted by molar-refractivity contribution is 0.0122. The number of fused-ring (bicyclic) bond motifs is 4. The van der Waals surface area contributed by atoms with Gasteiger partial charge in [0.25, 0.3) is 0 Å². The Morgan fingerprint density at radius 3 is 2.46 bits per heavy atom. The Labute approximate surface area is 276 Å². The molecular formula is C36H43ClN6O3. The first-order valence-electron chi connectivity index (χ1n) is 16.6. The number of likely N-dealkylation sites (tertiary alicyclic amines) is 1. The van der Waals surface area contributed by atoms with Gasteiger partial charge >= 0.3 is 6.09 Å². The van der Waals surface area contributed by atoms with Gasteiger partial charge in [0.1, 0.15) is 29.7 Å². The molecular weight excluding hydrogens is 600 g/mol. The number of likely N-dealkylation sites (N-methyl/N-ethyl adjacent to an activating group) is 1. The highest BCUT2D eigenvalue weighted by Gasteiger charge is 2.45. The maximum atomic E-state index is 13.2. The number of rotatable bonds is 5. The molecule has 0 spiro atoms.